The lowest BCUT2D eigenvalue weighted by Gasteiger charge is -2.05. The van der Waals surface area contributed by atoms with Gasteiger partial charge in [-0.25, -0.2) is 0 Å². The molecule has 0 spiro atoms. The highest BCUT2D eigenvalue weighted by Gasteiger charge is 2.11. The van der Waals surface area contributed by atoms with Crippen LogP contribution in [0.2, 0.25) is 0 Å². The van der Waals surface area contributed by atoms with Gasteiger partial charge in [0.2, 0.25) is 0 Å². The van der Waals surface area contributed by atoms with Gasteiger partial charge >= 0.3 is 0 Å². The van der Waals surface area contributed by atoms with Crippen molar-refractivity contribution in [3.05, 3.63) is 71.6 Å². The largest absolute Gasteiger partial charge is 0.497 e. The van der Waals surface area contributed by atoms with Crippen LogP contribution < -0.4 is 4.74 Å². The molecule has 0 saturated heterocycles. The number of rotatable bonds is 5. The number of methoxy groups -OCH3 is 1. The van der Waals surface area contributed by atoms with Crippen LogP contribution in [0.15, 0.2) is 71.0 Å². The first-order valence-corrected chi connectivity index (χ1v) is 6.63. The normalized spacial score (nSPS) is 9.95. The zero-order valence-corrected chi connectivity index (χ0v) is 11.4. The van der Waals surface area contributed by atoms with Crippen molar-refractivity contribution in [3.8, 4) is 5.75 Å². The van der Waals surface area contributed by atoms with Gasteiger partial charge in [-0.3, -0.25) is 4.79 Å². The molecule has 2 aromatic rings. The molecule has 0 N–H and O–H groups in total. The highest BCUT2D eigenvalue weighted by Crippen LogP contribution is 2.29. The van der Waals surface area contributed by atoms with Gasteiger partial charge in [-0.05, 0) is 24.3 Å². The van der Waals surface area contributed by atoms with Gasteiger partial charge in [0, 0.05) is 10.5 Å². The molecule has 0 heterocycles. The number of benzene rings is 2. The Labute approximate surface area is 117 Å². The average Bonchev–Trinajstić information content (AvgIpc) is 2.48. The van der Waals surface area contributed by atoms with Crippen molar-refractivity contribution in [2.24, 2.45) is 0 Å². The van der Waals surface area contributed by atoms with Crippen molar-refractivity contribution in [1.29, 1.82) is 0 Å². The average molecular weight is 270 g/mol. The third kappa shape index (κ3) is 3.48. The molecule has 2 nitrogen and oxygen atoms in total. The number of hydrogen-bond donors (Lipinski definition) is 0. The predicted octanol–water partition coefficient (Wildman–Crippen LogP) is 4.18. The lowest BCUT2D eigenvalue weighted by Crippen LogP contribution is -1.99. The molecule has 3 heteroatoms. The molecule has 0 atom stereocenters. The smallest absolute Gasteiger partial charge is 0.199 e. The van der Waals surface area contributed by atoms with Crippen molar-refractivity contribution >= 4 is 17.5 Å². The van der Waals surface area contributed by atoms with Crippen LogP contribution in [0, 0.1) is 0 Å². The first kappa shape index (κ1) is 13.4. The highest BCUT2D eigenvalue weighted by atomic mass is 32.2. The lowest BCUT2D eigenvalue weighted by molar-refractivity contribution is 0.104. The van der Waals surface area contributed by atoms with E-state index in [0.29, 0.717) is 10.5 Å². The second-order valence-corrected chi connectivity index (χ2v) is 5.06. The SMILES string of the molecule is C=C(Sc1ccc(OC)cc1)C(=O)c1ccccc1. The molecule has 2 rings (SSSR count). The minimum atomic E-state index is -0.0404. The van der Waals surface area contributed by atoms with Gasteiger partial charge in [-0.1, -0.05) is 48.7 Å². The zero-order chi connectivity index (χ0) is 13.7. The number of hydrogen-bond acceptors (Lipinski definition) is 3. The van der Waals surface area contributed by atoms with E-state index >= 15 is 0 Å². The van der Waals surface area contributed by atoms with Crippen LogP contribution in [-0.4, -0.2) is 12.9 Å². The summed E-state index contributed by atoms with van der Waals surface area (Å²) in [4.78, 5) is 13.6. The quantitative estimate of drug-likeness (QED) is 0.463. The Morgan fingerprint density at radius 2 is 1.68 bits per heavy atom. The van der Waals surface area contributed by atoms with Gasteiger partial charge in [0.1, 0.15) is 5.75 Å². The summed E-state index contributed by atoms with van der Waals surface area (Å²) in [5.74, 6) is 0.755. The van der Waals surface area contributed by atoms with Crippen LogP contribution in [0.5, 0.6) is 5.75 Å². The Bertz CT molecular complexity index is 573. The van der Waals surface area contributed by atoms with Gasteiger partial charge < -0.3 is 4.74 Å². The van der Waals surface area contributed by atoms with E-state index in [9.17, 15) is 4.79 Å². The number of ketones is 1. The summed E-state index contributed by atoms with van der Waals surface area (Å²) in [6.45, 7) is 3.85. The first-order valence-electron chi connectivity index (χ1n) is 5.81. The summed E-state index contributed by atoms with van der Waals surface area (Å²) in [5.41, 5.74) is 0.661. The fourth-order valence-corrected chi connectivity index (χ4v) is 2.35. The van der Waals surface area contributed by atoms with E-state index in [2.05, 4.69) is 6.58 Å². The maximum atomic E-state index is 12.1. The lowest BCUT2D eigenvalue weighted by atomic mass is 10.1. The van der Waals surface area contributed by atoms with Crippen molar-refractivity contribution in [2.45, 2.75) is 4.90 Å². The van der Waals surface area contributed by atoms with E-state index in [1.54, 1.807) is 19.2 Å². The second kappa shape index (κ2) is 6.25. The van der Waals surface area contributed by atoms with Gasteiger partial charge in [0.15, 0.2) is 5.78 Å². The highest BCUT2D eigenvalue weighted by molar-refractivity contribution is 8.04. The molecular weight excluding hydrogens is 256 g/mol. The van der Waals surface area contributed by atoms with Crippen molar-refractivity contribution in [2.75, 3.05) is 7.11 Å². The molecule has 0 saturated carbocycles. The summed E-state index contributed by atoms with van der Waals surface area (Å²) in [6, 6.07) is 16.7. The predicted molar refractivity (Wildman–Crippen MR) is 78.8 cm³/mol. The van der Waals surface area contributed by atoms with Crippen molar-refractivity contribution < 1.29 is 9.53 Å². The van der Waals surface area contributed by atoms with Gasteiger partial charge in [0.25, 0.3) is 0 Å². The standard InChI is InChI=1S/C16H14O2S/c1-12(16(17)13-6-4-3-5-7-13)19-15-10-8-14(18-2)9-11-15/h3-11H,1H2,2H3. The summed E-state index contributed by atoms with van der Waals surface area (Å²) in [7, 11) is 1.63. The van der Waals surface area contributed by atoms with E-state index in [-0.39, 0.29) is 5.78 Å². The molecule has 96 valence electrons. The topological polar surface area (TPSA) is 26.3 Å². The summed E-state index contributed by atoms with van der Waals surface area (Å²) in [5, 5.41) is 0. The maximum absolute atomic E-state index is 12.1. The van der Waals surface area contributed by atoms with Gasteiger partial charge in [-0.15, -0.1) is 0 Å². The maximum Gasteiger partial charge on any atom is 0.199 e. The minimum absolute atomic E-state index is 0.0404. The van der Waals surface area contributed by atoms with Crippen LogP contribution >= 0.6 is 11.8 Å². The van der Waals surface area contributed by atoms with E-state index < -0.39 is 0 Å². The van der Waals surface area contributed by atoms with E-state index in [4.69, 9.17) is 4.74 Å². The fraction of sp³-hybridized carbons (Fsp3) is 0.0625. The molecule has 0 radical (unpaired) electrons. The number of carbonyl (C=O) groups excluding carboxylic acids is 1. The summed E-state index contributed by atoms with van der Waals surface area (Å²) >= 11 is 1.37. The molecule has 0 aliphatic heterocycles. The first-order chi connectivity index (χ1) is 9.20. The van der Waals surface area contributed by atoms with Gasteiger partial charge in [0.05, 0.1) is 12.0 Å². The molecule has 0 bridgehead atoms. The summed E-state index contributed by atoms with van der Waals surface area (Å²) in [6.07, 6.45) is 0. The molecule has 0 fully saturated rings. The summed E-state index contributed by atoms with van der Waals surface area (Å²) < 4.78 is 5.09. The van der Waals surface area contributed by atoms with Gasteiger partial charge in [-0.2, -0.15) is 0 Å². The van der Waals surface area contributed by atoms with Crippen LogP contribution in [-0.2, 0) is 0 Å². The van der Waals surface area contributed by atoms with E-state index in [1.807, 2.05) is 42.5 Å². The Morgan fingerprint density at radius 1 is 1.05 bits per heavy atom. The van der Waals surface area contributed by atoms with Crippen LogP contribution in [0.25, 0.3) is 0 Å². The number of ether oxygens (including phenoxy) is 1. The monoisotopic (exact) mass is 270 g/mol. The molecule has 0 amide bonds. The molecular formula is C16H14O2S. The molecule has 2 aromatic carbocycles. The third-order valence-corrected chi connectivity index (χ3v) is 3.53. The van der Waals surface area contributed by atoms with Crippen LogP contribution in [0.1, 0.15) is 10.4 Å². The Kier molecular flexibility index (Phi) is 4.42. The van der Waals surface area contributed by atoms with E-state index in [0.717, 1.165) is 10.6 Å². The second-order valence-electron chi connectivity index (χ2n) is 3.90. The number of allylic oxidation sites excluding steroid dienone is 1. The third-order valence-electron chi connectivity index (χ3n) is 2.59. The molecule has 19 heavy (non-hydrogen) atoms. The Morgan fingerprint density at radius 3 is 2.26 bits per heavy atom. The fourth-order valence-electron chi connectivity index (χ4n) is 1.58. The van der Waals surface area contributed by atoms with Crippen molar-refractivity contribution in [3.63, 3.8) is 0 Å². The Balaban J connectivity index is 2.06. The van der Waals surface area contributed by atoms with Crippen molar-refractivity contribution in [1.82, 2.24) is 0 Å². The number of thioether (sulfide) groups is 1. The van der Waals surface area contributed by atoms with E-state index in [1.165, 1.54) is 11.8 Å². The van der Waals surface area contributed by atoms with Crippen LogP contribution in [0.3, 0.4) is 0 Å². The Hall–Kier alpha value is -2.00. The number of carbonyl (C=O) groups is 1. The molecule has 0 aromatic heterocycles. The minimum Gasteiger partial charge on any atom is -0.497 e. The molecule has 0 unspecified atom stereocenters. The zero-order valence-electron chi connectivity index (χ0n) is 10.6. The number of Topliss-reactive ketones (excluding diaryl/α,β-unsaturated/α-hetero) is 1. The molecule has 0 aliphatic rings. The molecule has 0 aliphatic carbocycles. The van der Waals surface area contributed by atoms with Crippen LogP contribution in [0.4, 0.5) is 0 Å².